The van der Waals surface area contributed by atoms with Gasteiger partial charge in [0.2, 0.25) is 0 Å². The summed E-state index contributed by atoms with van der Waals surface area (Å²) in [5, 5.41) is 4.03. The van der Waals surface area contributed by atoms with Gasteiger partial charge in [0.05, 0.1) is 16.9 Å². The Hall–Kier alpha value is -2.09. The third-order valence-electron chi connectivity index (χ3n) is 3.82. The monoisotopic (exact) mass is 451 g/mol. The summed E-state index contributed by atoms with van der Waals surface area (Å²) in [6, 6.07) is 13.3. The van der Waals surface area contributed by atoms with Gasteiger partial charge in [0.25, 0.3) is 5.91 Å². The summed E-state index contributed by atoms with van der Waals surface area (Å²) in [6.45, 7) is 6.21. The lowest BCUT2D eigenvalue weighted by Crippen LogP contribution is -2.21. The highest BCUT2D eigenvalue weighted by molar-refractivity contribution is 14.1. The predicted molar refractivity (Wildman–Crippen MR) is 111 cm³/mol. The Bertz CT molecular complexity index is 741. The van der Waals surface area contributed by atoms with E-state index in [2.05, 4.69) is 64.0 Å². The van der Waals surface area contributed by atoms with Gasteiger partial charge in [-0.15, -0.1) is 0 Å². The number of nitrogens with one attached hydrogen (secondary N) is 1. The molecule has 6 heteroatoms. The average molecular weight is 451 g/mol. The molecule has 0 atom stereocenters. The Morgan fingerprint density at radius 3 is 2.44 bits per heavy atom. The lowest BCUT2D eigenvalue weighted by molar-refractivity contribution is 0.0955. The molecule has 5 nitrogen and oxygen atoms in total. The van der Waals surface area contributed by atoms with Crippen molar-refractivity contribution in [2.75, 3.05) is 25.1 Å². The molecule has 0 radical (unpaired) electrons. The number of carbonyl (C=O) groups excluding carboxylic acids is 1. The van der Waals surface area contributed by atoms with Crippen molar-refractivity contribution in [2.45, 2.75) is 13.8 Å². The number of carbonyl (C=O) groups is 1. The Morgan fingerprint density at radius 1 is 1.20 bits per heavy atom. The summed E-state index contributed by atoms with van der Waals surface area (Å²) >= 11 is 2.13. The van der Waals surface area contributed by atoms with Gasteiger partial charge in [0.1, 0.15) is 5.75 Å². The van der Waals surface area contributed by atoms with Crippen molar-refractivity contribution >= 4 is 40.4 Å². The third kappa shape index (κ3) is 5.19. The molecular formula is C19H22IN3O2. The first kappa shape index (κ1) is 19.2. The molecule has 132 valence electrons. The summed E-state index contributed by atoms with van der Waals surface area (Å²) < 4.78 is 6.07. The van der Waals surface area contributed by atoms with E-state index in [-0.39, 0.29) is 5.91 Å². The number of hydrogen-bond acceptors (Lipinski definition) is 4. The van der Waals surface area contributed by atoms with Crippen LogP contribution in [0, 0.1) is 3.57 Å². The first-order valence-corrected chi connectivity index (χ1v) is 9.18. The van der Waals surface area contributed by atoms with E-state index in [1.165, 1.54) is 5.69 Å². The zero-order valence-electron chi connectivity index (χ0n) is 14.6. The molecule has 0 aromatic heterocycles. The van der Waals surface area contributed by atoms with E-state index in [4.69, 9.17) is 4.74 Å². The van der Waals surface area contributed by atoms with E-state index in [9.17, 15) is 4.79 Å². The van der Waals surface area contributed by atoms with Crippen LogP contribution in [0.25, 0.3) is 0 Å². The number of hydrogen-bond donors (Lipinski definition) is 1. The molecule has 0 saturated heterocycles. The second kappa shape index (κ2) is 9.41. The lowest BCUT2D eigenvalue weighted by atomic mass is 10.2. The van der Waals surface area contributed by atoms with E-state index >= 15 is 0 Å². The summed E-state index contributed by atoms with van der Waals surface area (Å²) in [5.41, 5.74) is 5.20. The Kier molecular flexibility index (Phi) is 7.24. The molecule has 0 aliphatic rings. The highest BCUT2D eigenvalue weighted by Gasteiger charge is 2.07. The summed E-state index contributed by atoms with van der Waals surface area (Å²) in [7, 11) is 1.60. The molecule has 25 heavy (non-hydrogen) atoms. The lowest BCUT2D eigenvalue weighted by Gasteiger charge is -2.20. The summed E-state index contributed by atoms with van der Waals surface area (Å²) in [4.78, 5) is 14.4. The third-order valence-corrected chi connectivity index (χ3v) is 4.66. The molecule has 0 bridgehead atoms. The summed E-state index contributed by atoms with van der Waals surface area (Å²) in [6.07, 6.45) is 1.64. The predicted octanol–water partition coefficient (Wildman–Crippen LogP) is 3.91. The van der Waals surface area contributed by atoms with Crippen LogP contribution in [0.15, 0.2) is 47.6 Å². The van der Waals surface area contributed by atoms with Crippen molar-refractivity contribution in [3.63, 3.8) is 0 Å². The van der Waals surface area contributed by atoms with E-state index in [1.807, 2.05) is 12.1 Å². The molecule has 0 spiro atoms. The minimum absolute atomic E-state index is 0.253. The van der Waals surface area contributed by atoms with Gasteiger partial charge in [-0.05, 0) is 72.3 Å². The molecule has 0 fully saturated rings. The first-order valence-electron chi connectivity index (χ1n) is 8.11. The van der Waals surface area contributed by atoms with Crippen LogP contribution < -0.4 is 15.1 Å². The van der Waals surface area contributed by atoms with Crippen molar-refractivity contribution in [1.82, 2.24) is 5.43 Å². The van der Waals surface area contributed by atoms with Gasteiger partial charge in [0.15, 0.2) is 0 Å². The number of ether oxygens (including phenoxy) is 1. The second-order valence-electron chi connectivity index (χ2n) is 5.31. The van der Waals surface area contributed by atoms with Gasteiger partial charge in [-0.3, -0.25) is 4.79 Å². The maximum atomic E-state index is 12.1. The number of anilines is 1. The molecule has 0 unspecified atom stereocenters. The minimum atomic E-state index is -0.253. The zero-order valence-corrected chi connectivity index (χ0v) is 16.8. The van der Waals surface area contributed by atoms with Gasteiger partial charge < -0.3 is 9.64 Å². The quantitative estimate of drug-likeness (QED) is 0.395. The molecule has 2 aromatic rings. The molecular weight excluding hydrogens is 429 g/mol. The van der Waals surface area contributed by atoms with Crippen molar-refractivity contribution in [1.29, 1.82) is 0 Å². The SMILES string of the molecule is CCN(CC)c1ccc(C=NNC(=O)c2ccc(OC)c(I)c2)cc1. The van der Waals surface area contributed by atoms with Crippen LogP contribution in [0.5, 0.6) is 5.75 Å². The Balaban J connectivity index is 1.98. The van der Waals surface area contributed by atoms with Crippen molar-refractivity contribution in [2.24, 2.45) is 5.10 Å². The molecule has 0 aliphatic carbocycles. The zero-order chi connectivity index (χ0) is 18.2. The molecule has 2 aromatic carbocycles. The Labute approximate surface area is 162 Å². The van der Waals surface area contributed by atoms with Crippen molar-refractivity contribution < 1.29 is 9.53 Å². The fraction of sp³-hybridized carbons (Fsp3) is 0.263. The topological polar surface area (TPSA) is 53.9 Å². The van der Waals surface area contributed by atoms with Crippen LogP contribution >= 0.6 is 22.6 Å². The van der Waals surface area contributed by atoms with Crippen LogP contribution in [-0.4, -0.2) is 32.3 Å². The van der Waals surface area contributed by atoms with E-state index in [0.29, 0.717) is 5.56 Å². The minimum Gasteiger partial charge on any atom is -0.496 e. The van der Waals surface area contributed by atoms with Gasteiger partial charge in [-0.2, -0.15) is 5.10 Å². The van der Waals surface area contributed by atoms with Crippen molar-refractivity contribution in [3.8, 4) is 5.75 Å². The van der Waals surface area contributed by atoms with E-state index < -0.39 is 0 Å². The number of nitrogens with zero attached hydrogens (tertiary/aromatic N) is 2. The second-order valence-corrected chi connectivity index (χ2v) is 6.47. The van der Waals surface area contributed by atoms with E-state index in [0.717, 1.165) is 28.0 Å². The Morgan fingerprint density at radius 2 is 1.88 bits per heavy atom. The van der Waals surface area contributed by atoms with Gasteiger partial charge in [-0.1, -0.05) is 12.1 Å². The fourth-order valence-corrected chi connectivity index (χ4v) is 3.13. The van der Waals surface area contributed by atoms with Crippen LogP contribution in [0.3, 0.4) is 0 Å². The average Bonchev–Trinajstić information content (AvgIpc) is 2.63. The highest BCUT2D eigenvalue weighted by Crippen LogP contribution is 2.21. The standard InChI is InChI=1S/C19H22IN3O2/c1-4-23(5-2)16-9-6-14(7-10-16)13-21-22-19(24)15-8-11-18(25-3)17(20)12-15/h6-13H,4-5H2,1-3H3,(H,22,24). The van der Waals surface area contributed by atoms with Gasteiger partial charge in [-0.25, -0.2) is 5.43 Å². The molecule has 1 amide bonds. The first-order chi connectivity index (χ1) is 12.1. The normalized spacial score (nSPS) is 10.7. The van der Waals surface area contributed by atoms with Crippen LogP contribution in [0.2, 0.25) is 0 Å². The van der Waals surface area contributed by atoms with Gasteiger partial charge in [0, 0.05) is 24.3 Å². The molecule has 0 aliphatic heterocycles. The summed E-state index contributed by atoms with van der Waals surface area (Å²) in [5.74, 6) is 0.491. The number of rotatable bonds is 7. The number of halogens is 1. The van der Waals surface area contributed by atoms with Crippen LogP contribution in [0.1, 0.15) is 29.8 Å². The molecule has 1 N–H and O–H groups in total. The van der Waals surface area contributed by atoms with Crippen LogP contribution in [0.4, 0.5) is 5.69 Å². The smallest absolute Gasteiger partial charge is 0.271 e. The molecule has 0 heterocycles. The largest absolute Gasteiger partial charge is 0.496 e. The van der Waals surface area contributed by atoms with Crippen molar-refractivity contribution in [3.05, 3.63) is 57.2 Å². The van der Waals surface area contributed by atoms with E-state index in [1.54, 1.807) is 31.5 Å². The number of amides is 1. The number of hydrazone groups is 1. The highest BCUT2D eigenvalue weighted by atomic mass is 127. The molecule has 0 saturated carbocycles. The number of benzene rings is 2. The van der Waals surface area contributed by atoms with Crippen LogP contribution in [-0.2, 0) is 0 Å². The maximum absolute atomic E-state index is 12.1. The maximum Gasteiger partial charge on any atom is 0.271 e. The fourth-order valence-electron chi connectivity index (χ4n) is 2.40. The number of methoxy groups -OCH3 is 1. The molecule has 2 rings (SSSR count). The van der Waals surface area contributed by atoms with Gasteiger partial charge >= 0.3 is 0 Å².